The third-order valence-electron chi connectivity index (χ3n) is 1.75. The zero-order chi connectivity index (χ0) is 13.1. The minimum absolute atomic E-state index is 0. The summed E-state index contributed by atoms with van der Waals surface area (Å²) in [4.78, 5) is 0. The van der Waals surface area contributed by atoms with Crippen LogP contribution >= 0.6 is 0 Å². The standard InChI is InChI=1S/C6H14S2.2C4H9.Sn/c7-5-3-1-2-4-6-8;2*1-3-4-2;/h7-8H,1-6H2;2*1,3-4H2,2H3;/q;;;+2/p-2. The van der Waals surface area contributed by atoms with Gasteiger partial charge in [-0.2, -0.15) is 11.5 Å². The molecule has 4 radical (unpaired) electrons. The molecule has 0 aromatic heterocycles. The fraction of sp³-hybridized carbons (Fsp3) is 0.857. The average Bonchev–Trinajstić information content (AvgIpc) is 2.35. The molecule has 0 aliphatic carbocycles. The zero-order valence-electron chi connectivity index (χ0n) is 11.8. The monoisotopic (exact) mass is 382 g/mol. The molecular weight excluding hydrogens is 351 g/mol. The Balaban J connectivity index is -0.0000000806. The van der Waals surface area contributed by atoms with E-state index in [9.17, 15) is 0 Å². The van der Waals surface area contributed by atoms with Gasteiger partial charge in [0.2, 0.25) is 0 Å². The van der Waals surface area contributed by atoms with Gasteiger partial charge in [0.05, 0.1) is 0 Å². The summed E-state index contributed by atoms with van der Waals surface area (Å²) in [7, 11) is 0. The van der Waals surface area contributed by atoms with Crippen LogP contribution in [0.25, 0.3) is 0 Å². The molecule has 0 aromatic carbocycles. The molecule has 0 nitrogen and oxygen atoms in total. The molecule has 0 N–H and O–H groups in total. The predicted octanol–water partition coefficient (Wildman–Crippen LogP) is 4.50. The van der Waals surface area contributed by atoms with E-state index in [0.29, 0.717) is 0 Å². The molecule has 17 heavy (non-hydrogen) atoms. The minimum atomic E-state index is 0. The van der Waals surface area contributed by atoms with Gasteiger partial charge in [-0.25, -0.2) is 0 Å². The van der Waals surface area contributed by atoms with E-state index < -0.39 is 0 Å². The number of hydrogen-bond donors (Lipinski definition) is 0. The van der Waals surface area contributed by atoms with Crippen molar-refractivity contribution in [2.45, 2.75) is 65.2 Å². The van der Waals surface area contributed by atoms with Crippen LogP contribution in [0.1, 0.15) is 65.2 Å². The summed E-state index contributed by atoms with van der Waals surface area (Å²) in [6, 6.07) is 0. The van der Waals surface area contributed by atoms with Crippen molar-refractivity contribution in [2.24, 2.45) is 0 Å². The van der Waals surface area contributed by atoms with Crippen molar-refractivity contribution in [1.29, 1.82) is 0 Å². The molecule has 0 rings (SSSR count). The van der Waals surface area contributed by atoms with Crippen LogP contribution < -0.4 is 0 Å². The van der Waals surface area contributed by atoms with Crippen LogP contribution in [-0.4, -0.2) is 35.4 Å². The summed E-state index contributed by atoms with van der Waals surface area (Å²) in [5.41, 5.74) is 0. The molecule has 0 aromatic rings. The summed E-state index contributed by atoms with van der Waals surface area (Å²) in [5, 5.41) is 0. The first kappa shape index (κ1) is 26.9. The Morgan fingerprint density at radius 1 is 0.706 bits per heavy atom. The van der Waals surface area contributed by atoms with Crippen LogP contribution in [0.2, 0.25) is 0 Å². The molecule has 0 atom stereocenters. The molecule has 0 saturated carbocycles. The van der Waals surface area contributed by atoms with Gasteiger partial charge in [-0.3, -0.25) is 0 Å². The maximum atomic E-state index is 4.78. The maximum Gasteiger partial charge on any atom is 2.00 e. The van der Waals surface area contributed by atoms with Crippen LogP contribution in [0.15, 0.2) is 0 Å². The van der Waals surface area contributed by atoms with Crippen molar-refractivity contribution < 1.29 is 0 Å². The van der Waals surface area contributed by atoms with Gasteiger partial charge in [0.15, 0.2) is 0 Å². The summed E-state index contributed by atoms with van der Waals surface area (Å²) in [5.74, 6) is 1.83. The molecule has 0 heterocycles. The van der Waals surface area contributed by atoms with Crippen molar-refractivity contribution in [3.63, 3.8) is 0 Å². The van der Waals surface area contributed by atoms with Crippen LogP contribution in [-0.2, 0) is 25.3 Å². The van der Waals surface area contributed by atoms with Gasteiger partial charge >= 0.3 is 23.9 Å². The largest absolute Gasteiger partial charge is 2.00 e. The Hall–Kier alpha value is 1.50. The van der Waals surface area contributed by atoms with Gasteiger partial charge in [-0.1, -0.05) is 79.1 Å². The summed E-state index contributed by atoms with van der Waals surface area (Å²) >= 11 is 9.55. The zero-order valence-corrected chi connectivity index (χ0v) is 16.3. The van der Waals surface area contributed by atoms with E-state index in [-0.39, 0.29) is 23.9 Å². The fourth-order valence-corrected chi connectivity index (χ4v) is 0.966. The molecule has 0 aliphatic heterocycles. The van der Waals surface area contributed by atoms with Gasteiger partial charge in [0, 0.05) is 0 Å². The van der Waals surface area contributed by atoms with E-state index in [2.05, 4.69) is 27.7 Å². The molecule has 102 valence electrons. The average molecular weight is 381 g/mol. The van der Waals surface area contributed by atoms with E-state index in [0.717, 1.165) is 24.3 Å². The third-order valence-corrected chi connectivity index (χ3v) is 2.32. The maximum absolute atomic E-state index is 4.78. The van der Waals surface area contributed by atoms with E-state index >= 15 is 0 Å². The smallest absolute Gasteiger partial charge is 0.793 e. The number of rotatable bonds is 7. The second-order valence-electron chi connectivity index (χ2n) is 3.53. The first-order chi connectivity index (χ1) is 7.74. The van der Waals surface area contributed by atoms with Gasteiger partial charge in [-0.05, 0) is 0 Å². The Morgan fingerprint density at radius 2 is 0.941 bits per heavy atom. The van der Waals surface area contributed by atoms with Crippen molar-refractivity contribution in [3.8, 4) is 0 Å². The Labute approximate surface area is 139 Å². The molecule has 0 aliphatic rings. The second-order valence-corrected chi connectivity index (χ2v) is 4.35. The number of unbranched alkanes of at least 4 members (excludes halogenated alkanes) is 5. The van der Waals surface area contributed by atoms with Gasteiger partial charge in [-0.15, -0.1) is 0 Å². The topological polar surface area (TPSA) is 0 Å². The van der Waals surface area contributed by atoms with Gasteiger partial charge < -0.3 is 25.3 Å². The number of hydrogen-bond acceptors (Lipinski definition) is 2. The van der Waals surface area contributed by atoms with E-state index in [1.165, 1.54) is 38.5 Å². The second kappa shape index (κ2) is 36.0. The third kappa shape index (κ3) is 58.2. The Bertz CT molecular complexity index is 66.6. The molecule has 0 fully saturated rings. The van der Waals surface area contributed by atoms with Crippen LogP contribution in [0.5, 0.6) is 0 Å². The molecule has 0 bridgehead atoms. The molecule has 0 unspecified atom stereocenters. The molecular formula is C14H30S2Sn. The van der Waals surface area contributed by atoms with E-state index in [1.807, 2.05) is 0 Å². The quantitative estimate of drug-likeness (QED) is 0.362. The first-order valence-electron chi connectivity index (χ1n) is 6.49. The summed E-state index contributed by atoms with van der Waals surface area (Å²) < 4.78 is 0. The molecule has 3 heteroatoms. The molecule has 0 spiro atoms. The Kier molecular flexibility index (Phi) is 57.1. The van der Waals surface area contributed by atoms with Crippen molar-refractivity contribution >= 4 is 49.2 Å². The van der Waals surface area contributed by atoms with Crippen molar-refractivity contribution in [3.05, 3.63) is 13.8 Å². The van der Waals surface area contributed by atoms with Crippen molar-refractivity contribution in [2.75, 3.05) is 11.5 Å². The van der Waals surface area contributed by atoms with E-state index in [4.69, 9.17) is 25.3 Å². The van der Waals surface area contributed by atoms with Gasteiger partial charge in [0.25, 0.3) is 0 Å². The van der Waals surface area contributed by atoms with E-state index in [1.54, 1.807) is 0 Å². The molecule has 0 amide bonds. The molecule has 0 saturated heterocycles. The van der Waals surface area contributed by atoms with Crippen LogP contribution in [0, 0.1) is 13.8 Å². The van der Waals surface area contributed by atoms with Crippen LogP contribution in [0.3, 0.4) is 0 Å². The van der Waals surface area contributed by atoms with Gasteiger partial charge in [0.1, 0.15) is 0 Å². The minimum Gasteiger partial charge on any atom is -0.793 e. The normalized spacial score (nSPS) is 8.12. The van der Waals surface area contributed by atoms with Crippen molar-refractivity contribution in [1.82, 2.24) is 0 Å². The SMILES string of the molecule is [CH2]CCC.[CH2]CCC.[S-]CCCCCC[S-].[Sn+2]. The Morgan fingerprint density at radius 3 is 1.06 bits per heavy atom. The summed E-state index contributed by atoms with van der Waals surface area (Å²) in [6.45, 7) is 11.4. The summed E-state index contributed by atoms with van der Waals surface area (Å²) in [6.07, 6.45) is 9.51. The first-order valence-corrected chi connectivity index (χ1v) is 7.65. The van der Waals surface area contributed by atoms with Crippen LogP contribution in [0.4, 0.5) is 0 Å². The fourth-order valence-electron chi connectivity index (χ4n) is 0.558. The predicted molar refractivity (Wildman–Crippen MR) is 89.2 cm³/mol.